The van der Waals surface area contributed by atoms with Crippen LogP contribution in [0.4, 0.5) is 5.69 Å². The monoisotopic (exact) mass is 264 g/mol. The van der Waals surface area contributed by atoms with E-state index in [1.807, 2.05) is 5.38 Å². The molecular weight excluding hydrogens is 248 g/mol. The first-order valence-electron chi connectivity index (χ1n) is 5.68. The van der Waals surface area contributed by atoms with Gasteiger partial charge in [-0.15, -0.1) is 0 Å². The van der Waals surface area contributed by atoms with Crippen molar-refractivity contribution < 1.29 is 4.79 Å². The van der Waals surface area contributed by atoms with Crippen LogP contribution in [-0.2, 0) is 13.5 Å². The van der Waals surface area contributed by atoms with Crippen molar-refractivity contribution in [1.82, 2.24) is 15.1 Å². The van der Waals surface area contributed by atoms with E-state index in [-0.39, 0.29) is 5.91 Å². The van der Waals surface area contributed by atoms with Crippen molar-refractivity contribution in [3.8, 4) is 0 Å². The lowest BCUT2D eigenvalue weighted by Crippen LogP contribution is -2.28. The summed E-state index contributed by atoms with van der Waals surface area (Å²) in [6.07, 6.45) is 0.825. The quantitative estimate of drug-likeness (QED) is 0.875. The molecule has 0 saturated heterocycles. The minimum absolute atomic E-state index is 0.175. The Morgan fingerprint density at radius 1 is 1.61 bits per heavy atom. The highest BCUT2D eigenvalue weighted by molar-refractivity contribution is 7.07. The van der Waals surface area contributed by atoms with Gasteiger partial charge in [0.05, 0.1) is 11.4 Å². The molecule has 3 N–H and O–H groups in total. The minimum atomic E-state index is -0.175. The second-order valence-electron chi connectivity index (χ2n) is 4.11. The number of amides is 1. The van der Waals surface area contributed by atoms with Gasteiger partial charge in [0.15, 0.2) is 0 Å². The first kappa shape index (κ1) is 12.6. The normalized spacial score (nSPS) is 10.6. The van der Waals surface area contributed by atoms with Gasteiger partial charge >= 0.3 is 0 Å². The van der Waals surface area contributed by atoms with Crippen molar-refractivity contribution in [1.29, 1.82) is 0 Å². The van der Waals surface area contributed by atoms with E-state index in [1.165, 1.54) is 10.2 Å². The highest BCUT2D eigenvalue weighted by Crippen LogP contribution is 2.14. The number of rotatable bonds is 4. The van der Waals surface area contributed by atoms with Crippen LogP contribution in [0.5, 0.6) is 0 Å². The van der Waals surface area contributed by atoms with E-state index in [0.29, 0.717) is 23.6 Å². The van der Waals surface area contributed by atoms with Crippen LogP contribution in [0.3, 0.4) is 0 Å². The summed E-state index contributed by atoms with van der Waals surface area (Å²) in [5, 5.41) is 11.1. The summed E-state index contributed by atoms with van der Waals surface area (Å²) in [6.45, 7) is 2.39. The largest absolute Gasteiger partial charge is 0.395 e. The highest BCUT2D eigenvalue weighted by Gasteiger charge is 2.17. The number of hydrogen-bond acceptors (Lipinski definition) is 4. The molecule has 0 aliphatic carbocycles. The summed E-state index contributed by atoms with van der Waals surface area (Å²) in [7, 11) is 1.72. The van der Waals surface area contributed by atoms with Gasteiger partial charge in [-0.05, 0) is 35.7 Å². The minimum Gasteiger partial charge on any atom is -0.395 e. The number of anilines is 1. The lowest BCUT2D eigenvalue weighted by molar-refractivity contribution is 0.0945. The Bertz CT molecular complexity index is 545. The maximum absolute atomic E-state index is 12.0. The molecule has 0 saturated carbocycles. The molecule has 0 atom stereocenters. The molecule has 5 nitrogen and oxygen atoms in total. The second kappa shape index (κ2) is 5.22. The van der Waals surface area contributed by atoms with Gasteiger partial charge in [0.25, 0.3) is 5.91 Å². The zero-order valence-corrected chi connectivity index (χ0v) is 11.3. The molecule has 18 heavy (non-hydrogen) atoms. The van der Waals surface area contributed by atoms with Crippen LogP contribution in [0.1, 0.15) is 21.7 Å². The molecule has 0 spiro atoms. The zero-order chi connectivity index (χ0) is 13.1. The van der Waals surface area contributed by atoms with Gasteiger partial charge in [-0.2, -0.15) is 16.4 Å². The van der Waals surface area contributed by atoms with Crippen LogP contribution >= 0.6 is 11.3 Å². The third-order valence-corrected chi connectivity index (χ3v) is 3.49. The van der Waals surface area contributed by atoms with Crippen LogP contribution in [0, 0.1) is 6.92 Å². The smallest absolute Gasteiger partial charge is 0.271 e. The Morgan fingerprint density at radius 2 is 2.39 bits per heavy atom. The lowest BCUT2D eigenvalue weighted by atomic mass is 10.2. The van der Waals surface area contributed by atoms with E-state index >= 15 is 0 Å². The van der Waals surface area contributed by atoms with E-state index in [2.05, 4.69) is 21.9 Å². The number of hydrogen-bond donors (Lipinski definition) is 2. The van der Waals surface area contributed by atoms with Crippen molar-refractivity contribution in [3.05, 3.63) is 33.8 Å². The number of nitrogen functional groups attached to an aromatic ring is 1. The van der Waals surface area contributed by atoms with Crippen molar-refractivity contribution in [2.75, 3.05) is 12.3 Å². The maximum Gasteiger partial charge on any atom is 0.271 e. The van der Waals surface area contributed by atoms with Gasteiger partial charge in [-0.1, -0.05) is 0 Å². The number of carbonyl (C=O) groups excluding carboxylic acids is 1. The maximum atomic E-state index is 12.0. The average molecular weight is 264 g/mol. The molecule has 0 unspecified atom stereocenters. The molecular formula is C12H16N4OS. The third-order valence-electron chi connectivity index (χ3n) is 2.76. The molecule has 0 radical (unpaired) electrons. The summed E-state index contributed by atoms with van der Waals surface area (Å²) in [6, 6.07) is 2.05. The summed E-state index contributed by atoms with van der Waals surface area (Å²) < 4.78 is 1.52. The molecule has 0 aromatic carbocycles. The Hall–Kier alpha value is -1.82. The predicted octanol–water partition coefficient (Wildman–Crippen LogP) is 1.34. The molecule has 0 aliphatic rings. The molecule has 2 heterocycles. The number of aromatic nitrogens is 2. The molecule has 0 bridgehead atoms. The van der Waals surface area contributed by atoms with E-state index in [9.17, 15) is 4.79 Å². The fourth-order valence-electron chi connectivity index (χ4n) is 1.78. The van der Waals surface area contributed by atoms with Crippen LogP contribution < -0.4 is 11.1 Å². The molecule has 0 aliphatic heterocycles. The molecule has 2 rings (SSSR count). The molecule has 1 amide bonds. The van der Waals surface area contributed by atoms with Crippen molar-refractivity contribution in [3.63, 3.8) is 0 Å². The zero-order valence-electron chi connectivity index (χ0n) is 10.4. The number of nitrogens with zero attached hydrogens (tertiary/aromatic N) is 2. The van der Waals surface area contributed by atoms with Gasteiger partial charge in [-0.3, -0.25) is 9.48 Å². The Labute approximate surface area is 110 Å². The van der Waals surface area contributed by atoms with Crippen molar-refractivity contribution >= 4 is 22.9 Å². The Morgan fingerprint density at radius 3 is 2.94 bits per heavy atom. The molecule has 2 aromatic rings. The number of carbonyl (C=O) groups is 1. The predicted molar refractivity (Wildman–Crippen MR) is 72.7 cm³/mol. The average Bonchev–Trinajstić information content (AvgIpc) is 2.89. The standard InChI is InChI=1S/C12H16N4OS/c1-8-10(13)11(16(2)15-8)12(17)14-5-3-9-4-6-18-7-9/h4,6-7H,3,5,13H2,1-2H3,(H,14,17). The fourth-order valence-corrected chi connectivity index (χ4v) is 2.49. The molecule has 96 valence electrons. The van der Waals surface area contributed by atoms with E-state index < -0.39 is 0 Å². The number of nitrogens with two attached hydrogens (primary N) is 1. The highest BCUT2D eigenvalue weighted by atomic mass is 32.1. The summed E-state index contributed by atoms with van der Waals surface area (Å²) >= 11 is 1.66. The first-order chi connectivity index (χ1) is 8.59. The third kappa shape index (κ3) is 2.53. The number of thiophene rings is 1. The fraction of sp³-hybridized carbons (Fsp3) is 0.333. The van der Waals surface area contributed by atoms with Gasteiger partial charge in [-0.25, -0.2) is 0 Å². The molecule has 0 fully saturated rings. The summed E-state index contributed by atoms with van der Waals surface area (Å²) in [5.74, 6) is -0.175. The second-order valence-corrected chi connectivity index (χ2v) is 4.89. The van der Waals surface area contributed by atoms with E-state index in [1.54, 1.807) is 25.3 Å². The van der Waals surface area contributed by atoms with E-state index in [0.717, 1.165) is 6.42 Å². The number of nitrogens with one attached hydrogen (secondary N) is 1. The van der Waals surface area contributed by atoms with Crippen molar-refractivity contribution in [2.24, 2.45) is 7.05 Å². The van der Waals surface area contributed by atoms with Gasteiger partial charge in [0.1, 0.15) is 5.69 Å². The number of aryl methyl sites for hydroxylation is 2. The van der Waals surface area contributed by atoms with Gasteiger partial charge < -0.3 is 11.1 Å². The van der Waals surface area contributed by atoms with Crippen LogP contribution in [0.25, 0.3) is 0 Å². The van der Waals surface area contributed by atoms with Gasteiger partial charge in [0, 0.05) is 13.6 Å². The molecule has 6 heteroatoms. The van der Waals surface area contributed by atoms with E-state index in [4.69, 9.17) is 5.73 Å². The van der Waals surface area contributed by atoms with Crippen LogP contribution in [0.15, 0.2) is 16.8 Å². The molecule has 2 aromatic heterocycles. The van der Waals surface area contributed by atoms with Crippen molar-refractivity contribution in [2.45, 2.75) is 13.3 Å². The summed E-state index contributed by atoms with van der Waals surface area (Å²) in [4.78, 5) is 12.0. The van der Waals surface area contributed by atoms with Crippen LogP contribution in [0.2, 0.25) is 0 Å². The first-order valence-corrected chi connectivity index (χ1v) is 6.62. The Balaban J connectivity index is 1.95. The SMILES string of the molecule is Cc1nn(C)c(C(=O)NCCc2ccsc2)c1N. The van der Waals surface area contributed by atoms with Gasteiger partial charge in [0.2, 0.25) is 0 Å². The van der Waals surface area contributed by atoms with Crippen LogP contribution in [-0.4, -0.2) is 22.2 Å². The topological polar surface area (TPSA) is 72.9 Å². The Kier molecular flexibility index (Phi) is 3.66. The lowest BCUT2D eigenvalue weighted by Gasteiger charge is -2.05. The summed E-state index contributed by atoms with van der Waals surface area (Å²) in [5.41, 5.74) is 8.62.